The summed E-state index contributed by atoms with van der Waals surface area (Å²) < 4.78 is 15.1. The normalized spacial score (nSPS) is 11.0. The van der Waals surface area contributed by atoms with Crippen LogP contribution in [0.3, 0.4) is 0 Å². The Labute approximate surface area is 151 Å². The molecule has 0 aliphatic heterocycles. The zero-order valence-electron chi connectivity index (χ0n) is 14.5. The van der Waals surface area contributed by atoms with E-state index in [2.05, 4.69) is 10.5 Å². The highest BCUT2D eigenvalue weighted by atomic mass is 19.1. The first-order valence-corrected chi connectivity index (χ1v) is 8.10. The predicted molar refractivity (Wildman–Crippen MR) is 101 cm³/mol. The Morgan fingerprint density at radius 3 is 2.54 bits per heavy atom. The fourth-order valence-corrected chi connectivity index (χ4v) is 2.83. The standard InChI is InChI=1S/C20H19FN4O/c1-13-11-15(14(2)25(13)17-9-7-16(21)8-10-17)12-23-24-20(26)18-5-3-4-6-19(18)22/h3-12H,22H2,1-2H3,(H,24,26)/b23-12-. The molecule has 1 amide bonds. The van der Waals surface area contributed by atoms with Crippen LogP contribution in [-0.4, -0.2) is 16.7 Å². The molecule has 26 heavy (non-hydrogen) atoms. The number of anilines is 1. The second-order valence-electron chi connectivity index (χ2n) is 5.92. The predicted octanol–water partition coefficient (Wildman–Crippen LogP) is 3.58. The van der Waals surface area contributed by atoms with Crippen LogP contribution < -0.4 is 11.2 Å². The number of hydrogen-bond acceptors (Lipinski definition) is 3. The number of aromatic nitrogens is 1. The Kier molecular flexibility index (Phi) is 4.84. The molecule has 6 heteroatoms. The largest absolute Gasteiger partial charge is 0.398 e. The summed E-state index contributed by atoms with van der Waals surface area (Å²) in [5, 5.41) is 4.03. The lowest BCUT2D eigenvalue weighted by atomic mass is 10.2. The maximum absolute atomic E-state index is 13.1. The number of para-hydroxylation sites is 1. The van der Waals surface area contributed by atoms with Crippen molar-refractivity contribution < 1.29 is 9.18 Å². The minimum absolute atomic E-state index is 0.277. The maximum Gasteiger partial charge on any atom is 0.273 e. The number of nitrogens with zero attached hydrogens (tertiary/aromatic N) is 2. The monoisotopic (exact) mass is 350 g/mol. The van der Waals surface area contributed by atoms with Crippen LogP contribution in [0.5, 0.6) is 0 Å². The van der Waals surface area contributed by atoms with Crippen LogP contribution in [0, 0.1) is 19.7 Å². The van der Waals surface area contributed by atoms with Crippen molar-refractivity contribution in [3.63, 3.8) is 0 Å². The van der Waals surface area contributed by atoms with Gasteiger partial charge in [-0.15, -0.1) is 0 Å². The van der Waals surface area contributed by atoms with Crippen LogP contribution in [0.1, 0.15) is 27.3 Å². The summed E-state index contributed by atoms with van der Waals surface area (Å²) in [6.07, 6.45) is 1.58. The summed E-state index contributed by atoms with van der Waals surface area (Å²) >= 11 is 0. The van der Waals surface area contributed by atoms with E-state index in [0.717, 1.165) is 22.6 Å². The average Bonchev–Trinajstić information content (AvgIpc) is 2.90. The third-order valence-corrected chi connectivity index (χ3v) is 4.13. The summed E-state index contributed by atoms with van der Waals surface area (Å²) in [6, 6.07) is 15.0. The van der Waals surface area contributed by atoms with E-state index in [9.17, 15) is 9.18 Å². The van der Waals surface area contributed by atoms with E-state index >= 15 is 0 Å². The smallest absolute Gasteiger partial charge is 0.273 e. The summed E-state index contributed by atoms with van der Waals surface area (Å²) in [4.78, 5) is 12.1. The number of aryl methyl sites for hydroxylation is 1. The second kappa shape index (κ2) is 7.23. The molecule has 0 bridgehead atoms. The molecule has 0 saturated carbocycles. The van der Waals surface area contributed by atoms with Gasteiger partial charge in [0.25, 0.3) is 5.91 Å². The number of hydrogen-bond donors (Lipinski definition) is 2. The highest BCUT2D eigenvalue weighted by Crippen LogP contribution is 2.20. The molecule has 0 spiro atoms. The molecule has 0 fully saturated rings. The third kappa shape index (κ3) is 3.49. The third-order valence-electron chi connectivity index (χ3n) is 4.13. The Balaban J connectivity index is 1.79. The van der Waals surface area contributed by atoms with Gasteiger partial charge in [-0.3, -0.25) is 4.79 Å². The SMILES string of the molecule is Cc1cc(/C=N\NC(=O)c2ccccc2N)c(C)n1-c1ccc(F)cc1. The van der Waals surface area contributed by atoms with Gasteiger partial charge in [0.1, 0.15) is 5.82 Å². The van der Waals surface area contributed by atoms with Crippen molar-refractivity contribution in [3.05, 3.63) is 82.9 Å². The maximum atomic E-state index is 13.1. The number of amides is 1. The van der Waals surface area contributed by atoms with E-state index in [1.165, 1.54) is 12.1 Å². The van der Waals surface area contributed by atoms with Gasteiger partial charge in [-0.1, -0.05) is 12.1 Å². The van der Waals surface area contributed by atoms with E-state index in [0.29, 0.717) is 11.3 Å². The van der Waals surface area contributed by atoms with Crippen molar-refractivity contribution >= 4 is 17.8 Å². The number of hydrazone groups is 1. The number of benzene rings is 2. The first-order valence-electron chi connectivity index (χ1n) is 8.10. The molecule has 0 saturated heterocycles. The molecule has 3 N–H and O–H groups in total. The minimum Gasteiger partial charge on any atom is -0.398 e. The number of halogens is 1. The first-order chi connectivity index (χ1) is 12.5. The van der Waals surface area contributed by atoms with Gasteiger partial charge in [0.2, 0.25) is 0 Å². The summed E-state index contributed by atoms with van der Waals surface area (Å²) in [7, 11) is 0. The van der Waals surface area contributed by atoms with Crippen LogP contribution in [-0.2, 0) is 0 Å². The number of nitrogen functional groups attached to an aromatic ring is 1. The molecule has 0 atom stereocenters. The molecule has 0 unspecified atom stereocenters. The topological polar surface area (TPSA) is 72.4 Å². The average molecular weight is 350 g/mol. The van der Waals surface area contributed by atoms with Gasteiger partial charge in [-0.05, 0) is 56.3 Å². The lowest BCUT2D eigenvalue weighted by Crippen LogP contribution is -2.19. The van der Waals surface area contributed by atoms with E-state index in [4.69, 9.17) is 5.73 Å². The fraction of sp³-hybridized carbons (Fsp3) is 0.100. The van der Waals surface area contributed by atoms with Crippen LogP contribution in [0.4, 0.5) is 10.1 Å². The minimum atomic E-state index is -0.369. The summed E-state index contributed by atoms with van der Waals surface area (Å²) in [5.41, 5.74) is 12.7. The molecule has 3 aromatic rings. The van der Waals surface area contributed by atoms with Crippen molar-refractivity contribution in [3.8, 4) is 5.69 Å². The molecular weight excluding hydrogens is 331 g/mol. The lowest BCUT2D eigenvalue weighted by Gasteiger charge is -2.09. The van der Waals surface area contributed by atoms with Crippen LogP contribution in [0.2, 0.25) is 0 Å². The Morgan fingerprint density at radius 2 is 1.85 bits per heavy atom. The van der Waals surface area contributed by atoms with Crippen LogP contribution >= 0.6 is 0 Å². The second-order valence-corrected chi connectivity index (χ2v) is 5.92. The molecule has 3 rings (SSSR count). The molecule has 5 nitrogen and oxygen atoms in total. The number of carbonyl (C=O) groups excluding carboxylic acids is 1. The van der Waals surface area contributed by atoms with Crippen molar-refractivity contribution in [2.45, 2.75) is 13.8 Å². The van der Waals surface area contributed by atoms with E-state index < -0.39 is 0 Å². The summed E-state index contributed by atoms with van der Waals surface area (Å²) in [6.45, 7) is 3.89. The Hall–Kier alpha value is -3.41. The molecule has 1 heterocycles. The van der Waals surface area contributed by atoms with Crippen LogP contribution in [0.15, 0.2) is 59.7 Å². The number of carbonyl (C=O) groups is 1. The van der Waals surface area contributed by atoms with Crippen molar-refractivity contribution in [2.24, 2.45) is 5.10 Å². The molecule has 132 valence electrons. The van der Waals surface area contributed by atoms with Gasteiger partial charge in [0, 0.05) is 28.3 Å². The lowest BCUT2D eigenvalue weighted by molar-refractivity contribution is 0.0956. The molecule has 0 aliphatic carbocycles. The van der Waals surface area contributed by atoms with Crippen molar-refractivity contribution in [1.82, 2.24) is 9.99 Å². The molecule has 0 radical (unpaired) electrons. The van der Waals surface area contributed by atoms with E-state index in [-0.39, 0.29) is 11.7 Å². The summed E-state index contributed by atoms with van der Waals surface area (Å²) in [5.74, 6) is -0.646. The van der Waals surface area contributed by atoms with Gasteiger partial charge in [-0.2, -0.15) is 5.10 Å². The van der Waals surface area contributed by atoms with Crippen molar-refractivity contribution in [2.75, 3.05) is 5.73 Å². The zero-order chi connectivity index (χ0) is 18.7. The van der Waals surface area contributed by atoms with Gasteiger partial charge in [0.05, 0.1) is 11.8 Å². The van der Waals surface area contributed by atoms with E-state index in [1.54, 1.807) is 42.6 Å². The number of rotatable bonds is 4. The van der Waals surface area contributed by atoms with Crippen molar-refractivity contribution in [1.29, 1.82) is 0 Å². The van der Waals surface area contributed by atoms with Gasteiger partial charge in [-0.25, -0.2) is 9.82 Å². The number of nitrogens with one attached hydrogen (secondary N) is 1. The molecule has 1 aromatic heterocycles. The van der Waals surface area contributed by atoms with Gasteiger partial charge < -0.3 is 10.3 Å². The first kappa shape index (κ1) is 17.4. The van der Waals surface area contributed by atoms with Gasteiger partial charge in [0.15, 0.2) is 0 Å². The van der Waals surface area contributed by atoms with Crippen LogP contribution in [0.25, 0.3) is 5.69 Å². The van der Waals surface area contributed by atoms with E-state index in [1.807, 2.05) is 24.5 Å². The Bertz CT molecular complexity index is 974. The molecule has 0 aliphatic rings. The quantitative estimate of drug-likeness (QED) is 0.429. The molecular formula is C20H19FN4O. The molecule has 2 aromatic carbocycles. The zero-order valence-corrected chi connectivity index (χ0v) is 14.5. The highest BCUT2D eigenvalue weighted by molar-refractivity contribution is 5.99. The fourth-order valence-electron chi connectivity index (χ4n) is 2.83. The Morgan fingerprint density at radius 1 is 1.15 bits per heavy atom. The van der Waals surface area contributed by atoms with Gasteiger partial charge >= 0.3 is 0 Å². The highest BCUT2D eigenvalue weighted by Gasteiger charge is 2.10. The number of nitrogens with two attached hydrogens (primary N) is 1.